The number of ether oxygens (including phenoxy) is 3. The molecule has 0 aliphatic rings. The van der Waals surface area contributed by atoms with Crippen LogP contribution in [-0.2, 0) is 20.7 Å². The number of imide groups is 1. The van der Waals surface area contributed by atoms with Crippen molar-refractivity contribution in [2.24, 2.45) is 5.73 Å². The lowest BCUT2D eigenvalue weighted by Crippen LogP contribution is -2.49. The molecule has 2 amide bonds. The Morgan fingerprint density at radius 3 is 2.07 bits per heavy atom. The molecule has 6 N–H and O–H groups in total. The van der Waals surface area contributed by atoms with Crippen LogP contribution in [0, 0.1) is 14.3 Å². The third-order valence-electron chi connectivity index (χ3n) is 5.66. The normalized spacial score (nSPS) is 12.0. The minimum atomic E-state index is -1.10. The zero-order valence-electron chi connectivity index (χ0n) is 23.6. The molecule has 12 nitrogen and oxygen atoms in total. The van der Waals surface area contributed by atoms with Crippen molar-refractivity contribution >= 4 is 108 Å². The van der Waals surface area contributed by atoms with Crippen molar-refractivity contribution in [2.45, 2.75) is 51.7 Å². The standard InChI is InChI=1S/C28H29I4N3O9/c1-28(2,3)44-27(41)35(6-4-5-22(37)43-20-12-21(36)34-25(20)39)26(40)19(33)9-13-7-17(31)24(18(32)8-13)42-14-10-15(29)23(38)16(30)11-14/h7-8,10-12,19,34,36,38-39H,4-6,9,33H2,1-3H3/t19-/m0/s1. The van der Waals surface area contributed by atoms with Crippen LogP contribution in [0.15, 0.2) is 30.3 Å². The Kier molecular flexibility index (Phi) is 13.1. The number of aromatic nitrogens is 1. The summed E-state index contributed by atoms with van der Waals surface area (Å²) in [4.78, 5) is 41.7. The van der Waals surface area contributed by atoms with Crippen molar-refractivity contribution < 1.29 is 43.9 Å². The van der Waals surface area contributed by atoms with Crippen molar-refractivity contribution in [3.8, 4) is 34.8 Å². The summed E-state index contributed by atoms with van der Waals surface area (Å²) in [6.45, 7) is 4.82. The monoisotopic (exact) mass is 1060 g/mol. The zero-order valence-corrected chi connectivity index (χ0v) is 32.3. The van der Waals surface area contributed by atoms with Gasteiger partial charge in [0.05, 0.1) is 20.3 Å². The Labute approximate surface area is 307 Å². The highest BCUT2D eigenvalue weighted by Gasteiger charge is 2.31. The van der Waals surface area contributed by atoms with Gasteiger partial charge in [-0.2, -0.15) is 0 Å². The van der Waals surface area contributed by atoms with Gasteiger partial charge in [-0.25, -0.2) is 9.69 Å². The predicted octanol–water partition coefficient (Wildman–Crippen LogP) is 6.36. The van der Waals surface area contributed by atoms with Gasteiger partial charge in [-0.3, -0.25) is 14.6 Å². The number of benzene rings is 2. The average molecular weight is 1060 g/mol. The first-order valence-corrected chi connectivity index (χ1v) is 17.2. The number of carbonyl (C=O) groups is 3. The quantitative estimate of drug-likeness (QED) is 0.113. The summed E-state index contributed by atoms with van der Waals surface area (Å²) in [7, 11) is 0. The minimum absolute atomic E-state index is 0.0324. The van der Waals surface area contributed by atoms with Crippen LogP contribution in [0.25, 0.3) is 0 Å². The summed E-state index contributed by atoms with van der Waals surface area (Å²) in [5, 5.41) is 29.1. The van der Waals surface area contributed by atoms with Gasteiger partial charge in [0.1, 0.15) is 17.1 Å². The van der Waals surface area contributed by atoms with E-state index in [2.05, 4.69) is 50.2 Å². The molecule has 0 unspecified atom stereocenters. The lowest BCUT2D eigenvalue weighted by atomic mass is 10.1. The van der Waals surface area contributed by atoms with Gasteiger partial charge < -0.3 is 35.3 Å². The smallest absolute Gasteiger partial charge is 0.417 e. The average Bonchev–Trinajstić information content (AvgIpc) is 3.21. The SMILES string of the molecule is CC(C)(C)OC(=O)N(CCCC(=O)Oc1cc(O)[nH]c1O)C(=O)[C@@H](N)Cc1cc(I)c(Oc2cc(I)c(O)c(I)c2)c(I)c1. The molecule has 44 heavy (non-hydrogen) atoms. The van der Waals surface area contributed by atoms with Crippen molar-refractivity contribution in [3.63, 3.8) is 0 Å². The molecular weight excluding hydrogens is 1030 g/mol. The van der Waals surface area contributed by atoms with Crippen LogP contribution in [0.5, 0.6) is 34.8 Å². The number of nitrogens with two attached hydrogens (primary N) is 1. The molecule has 3 aromatic rings. The number of halogens is 4. The fraction of sp³-hybridized carbons (Fsp3) is 0.321. The van der Waals surface area contributed by atoms with Crippen LogP contribution in [0.1, 0.15) is 39.2 Å². The lowest BCUT2D eigenvalue weighted by molar-refractivity contribution is -0.136. The first kappa shape index (κ1) is 36.7. The molecule has 0 saturated carbocycles. The maximum atomic E-state index is 13.4. The fourth-order valence-corrected chi connectivity index (χ4v) is 7.57. The largest absolute Gasteiger partial charge is 0.506 e. The first-order chi connectivity index (χ1) is 20.4. The molecule has 0 aliphatic carbocycles. The molecule has 0 fully saturated rings. The van der Waals surface area contributed by atoms with Crippen molar-refractivity contribution in [1.29, 1.82) is 0 Å². The second-order valence-corrected chi connectivity index (χ2v) is 15.1. The lowest BCUT2D eigenvalue weighted by Gasteiger charge is -2.28. The second kappa shape index (κ2) is 15.7. The third kappa shape index (κ3) is 10.4. The summed E-state index contributed by atoms with van der Waals surface area (Å²) in [6, 6.07) is 7.07. The Morgan fingerprint density at radius 1 is 0.955 bits per heavy atom. The van der Waals surface area contributed by atoms with Gasteiger partial charge in [0, 0.05) is 19.0 Å². The molecule has 0 saturated heterocycles. The number of esters is 1. The fourth-order valence-electron chi connectivity index (χ4n) is 3.74. The van der Waals surface area contributed by atoms with E-state index in [9.17, 15) is 29.7 Å². The van der Waals surface area contributed by atoms with Gasteiger partial charge in [0.2, 0.25) is 11.8 Å². The number of hydrogen-bond donors (Lipinski definition) is 5. The number of rotatable bonds is 10. The van der Waals surface area contributed by atoms with E-state index < -0.39 is 35.5 Å². The van der Waals surface area contributed by atoms with Crippen LogP contribution in [0.2, 0.25) is 0 Å². The molecule has 0 radical (unpaired) electrons. The van der Waals surface area contributed by atoms with E-state index in [0.717, 1.165) is 23.7 Å². The number of phenols is 1. The highest BCUT2D eigenvalue weighted by molar-refractivity contribution is 14.1. The first-order valence-electron chi connectivity index (χ1n) is 12.9. The number of aromatic amines is 1. The van der Waals surface area contributed by atoms with Gasteiger partial charge in [-0.15, -0.1) is 0 Å². The Bertz CT molecular complexity index is 1510. The minimum Gasteiger partial charge on any atom is -0.506 e. The van der Waals surface area contributed by atoms with Gasteiger partial charge in [0.15, 0.2) is 17.4 Å². The number of aromatic hydroxyl groups is 3. The summed E-state index contributed by atoms with van der Waals surface area (Å²) < 4.78 is 19.4. The van der Waals surface area contributed by atoms with Crippen molar-refractivity contribution in [1.82, 2.24) is 9.88 Å². The molecule has 1 atom stereocenters. The predicted molar refractivity (Wildman–Crippen MR) is 194 cm³/mol. The molecule has 0 spiro atoms. The Balaban J connectivity index is 1.71. The van der Waals surface area contributed by atoms with Crippen LogP contribution >= 0.6 is 90.4 Å². The van der Waals surface area contributed by atoms with E-state index in [1.54, 1.807) is 32.9 Å². The van der Waals surface area contributed by atoms with Gasteiger partial charge in [-0.05, 0) is 154 Å². The molecule has 1 aromatic heterocycles. The molecule has 2 aromatic carbocycles. The van der Waals surface area contributed by atoms with Crippen LogP contribution in [0.3, 0.4) is 0 Å². The van der Waals surface area contributed by atoms with Crippen LogP contribution in [0.4, 0.5) is 4.79 Å². The summed E-state index contributed by atoms with van der Waals surface area (Å²) in [6.07, 6.45) is -0.961. The molecule has 16 heteroatoms. The number of amides is 2. The van der Waals surface area contributed by atoms with Gasteiger partial charge >= 0.3 is 12.1 Å². The topological polar surface area (TPSA) is 185 Å². The van der Waals surface area contributed by atoms with E-state index in [1.807, 2.05) is 57.3 Å². The summed E-state index contributed by atoms with van der Waals surface area (Å²) >= 11 is 8.33. The highest BCUT2D eigenvalue weighted by Crippen LogP contribution is 2.37. The van der Waals surface area contributed by atoms with E-state index in [-0.39, 0.29) is 43.2 Å². The summed E-state index contributed by atoms with van der Waals surface area (Å²) in [5.74, 6) is -1.21. The van der Waals surface area contributed by atoms with Gasteiger partial charge in [-0.1, -0.05) is 0 Å². The third-order valence-corrected chi connectivity index (χ3v) is 8.90. The van der Waals surface area contributed by atoms with Crippen LogP contribution < -0.4 is 15.2 Å². The number of H-pyrrole nitrogens is 1. The number of carbonyl (C=O) groups excluding carboxylic acids is 3. The van der Waals surface area contributed by atoms with E-state index in [0.29, 0.717) is 18.6 Å². The molecule has 0 aliphatic heterocycles. The number of nitrogens with one attached hydrogen (secondary N) is 1. The molecule has 1 heterocycles. The van der Waals surface area contributed by atoms with E-state index in [4.69, 9.17) is 19.9 Å². The molecule has 0 bridgehead atoms. The number of nitrogens with zero attached hydrogens (tertiary/aromatic N) is 1. The van der Waals surface area contributed by atoms with Crippen molar-refractivity contribution in [3.05, 3.63) is 50.2 Å². The Hall–Kier alpha value is -1.79. The molecular formula is C28H29I4N3O9. The van der Waals surface area contributed by atoms with E-state index >= 15 is 0 Å². The molecule has 3 rings (SSSR count). The summed E-state index contributed by atoms with van der Waals surface area (Å²) in [5.41, 5.74) is 6.16. The van der Waals surface area contributed by atoms with E-state index in [1.165, 1.54) is 0 Å². The maximum Gasteiger partial charge on any atom is 0.417 e. The maximum absolute atomic E-state index is 13.4. The van der Waals surface area contributed by atoms with Crippen LogP contribution in [-0.4, -0.2) is 61.4 Å². The number of hydrogen-bond acceptors (Lipinski definition) is 10. The molecule has 238 valence electrons. The second-order valence-electron chi connectivity index (χ2n) is 10.5. The number of phenolic OH excluding ortho intramolecular Hbond substituents is 1. The zero-order chi connectivity index (χ0) is 32.9. The highest BCUT2D eigenvalue weighted by atomic mass is 127. The Morgan fingerprint density at radius 2 is 1.55 bits per heavy atom. The van der Waals surface area contributed by atoms with Crippen molar-refractivity contribution in [2.75, 3.05) is 6.54 Å². The van der Waals surface area contributed by atoms with Gasteiger partial charge in [0.25, 0.3) is 0 Å².